The molecule has 0 bridgehead atoms. The summed E-state index contributed by atoms with van der Waals surface area (Å²) in [5.41, 5.74) is 0.708. The van der Waals surface area contributed by atoms with E-state index in [1.54, 1.807) is 6.92 Å². The van der Waals surface area contributed by atoms with E-state index in [1.165, 1.54) is 13.0 Å². The Bertz CT molecular complexity index is 734. The van der Waals surface area contributed by atoms with Crippen LogP contribution >= 0.6 is 23.2 Å². The first-order valence-electron chi connectivity index (χ1n) is 9.59. The average molecular weight is 434 g/mol. The number of hydrogen-bond donors (Lipinski definition) is 2. The monoisotopic (exact) mass is 433 g/mol. The van der Waals surface area contributed by atoms with E-state index < -0.39 is 29.7 Å². The molecule has 2 rings (SSSR count). The first-order valence-corrected chi connectivity index (χ1v) is 10.3. The second-order valence-electron chi connectivity index (χ2n) is 7.70. The van der Waals surface area contributed by atoms with Crippen molar-refractivity contribution in [2.75, 3.05) is 0 Å². The molecule has 3 atom stereocenters. The summed E-state index contributed by atoms with van der Waals surface area (Å²) in [7, 11) is 0. The van der Waals surface area contributed by atoms with E-state index in [0.717, 1.165) is 25.7 Å². The molecule has 1 aromatic carbocycles. The Morgan fingerprint density at radius 1 is 1.36 bits per heavy atom. The summed E-state index contributed by atoms with van der Waals surface area (Å²) in [6, 6.07) is 0.484. The van der Waals surface area contributed by atoms with Gasteiger partial charge in [-0.2, -0.15) is 0 Å². The Kier molecular flexibility index (Phi) is 8.14. The van der Waals surface area contributed by atoms with Crippen LogP contribution in [-0.4, -0.2) is 17.2 Å². The Hall–Kier alpha value is -1.33. The topological polar surface area (TPSA) is 49.3 Å². The number of phenols is 1. The van der Waals surface area contributed by atoms with E-state index in [2.05, 4.69) is 11.9 Å². The van der Waals surface area contributed by atoms with Gasteiger partial charge in [-0.05, 0) is 45.6 Å². The first kappa shape index (κ1) is 23.0. The van der Waals surface area contributed by atoms with E-state index in [1.807, 2.05) is 0 Å². The van der Waals surface area contributed by atoms with Crippen molar-refractivity contribution in [3.8, 4) is 5.75 Å². The van der Waals surface area contributed by atoms with Crippen LogP contribution in [0.15, 0.2) is 18.2 Å². The summed E-state index contributed by atoms with van der Waals surface area (Å²) in [4.78, 5) is 12.8. The minimum Gasteiger partial charge on any atom is -0.504 e. The number of aromatic hydroxyl groups is 1. The quantitative estimate of drug-likeness (QED) is 0.362. The van der Waals surface area contributed by atoms with Gasteiger partial charge in [0.05, 0.1) is 17.2 Å². The van der Waals surface area contributed by atoms with Gasteiger partial charge in [0.15, 0.2) is 11.6 Å². The lowest BCUT2D eigenvalue weighted by molar-refractivity contribution is -0.125. The zero-order valence-corrected chi connectivity index (χ0v) is 17.7. The number of hydrogen-bond acceptors (Lipinski definition) is 2. The van der Waals surface area contributed by atoms with Gasteiger partial charge in [-0.15, -0.1) is 0 Å². The second kappa shape index (κ2) is 9.93. The Morgan fingerprint density at radius 3 is 2.50 bits per heavy atom. The largest absolute Gasteiger partial charge is 0.504 e. The molecule has 0 saturated heterocycles. The molecule has 0 radical (unpaired) electrons. The third-order valence-corrected chi connectivity index (χ3v) is 6.21. The van der Waals surface area contributed by atoms with Crippen LogP contribution in [0.2, 0.25) is 10.0 Å². The van der Waals surface area contributed by atoms with Crippen molar-refractivity contribution in [3.05, 3.63) is 39.6 Å². The molecule has 1 aliphatic rings. The van der Waals surface area contributed by atoms with Gasteiger partial charge < -0.3 is 10.4 Å². The Labute approximate surface area is 175 Å². The van der Waals surface area contributed by atoms with Gasteiger partial charge in [0.25, 0.3) is 0 Å². The summed E-state index contributed by atoms with van der Waals surface area (Å²) in [5.74, 6) is -2.43. The summed E-state index contributed by atoms with van der Waals surface area (Å²) in [6.07, 6.45) is 3.09. The van der Waals surface area contributed by atoms with Crippen LogP contribution in [0.3, 0.4) is 0 Å². The van der Waals surface area contributed by atoms with Crippen molar-refractivity contribution in [2.24, 2.45) is 11.8 Å². The first-order chi connectivity index (χ1) is 13.1. The molecule has 7 heteroatoms. The van der Waals surface area contributed by atoms with E-state index in [9.17, 15) is 18.7 Å². The van der Waals surface area contributed by atoms with Gasteiger partial charge in [0, 0.05) is 17.4 Å². The fourth-order valence-electron chi connectivity index (χ4n) is 3.80. The number of carbonyl (C=O) groups excluding carboxylic acids is 1. The molecule has 1 saturated carbocycles. The third-order valence-electron chi connectivity index (χ3n) is 5.43. The fourth-order valence-corrected chi connectivity index (χ4v) is 4.14. The van der Waals surface area contributed by atoms with E-state index in [0.29, 0.717) is 12.0 Å². The molecule has 28 heavy (non-hydrogen) atoms. The highest BCUT2D eigenvalue weighted by Gasteiger charge is 2.33. The smallest absolute Gasteiger partial charge is 0.223 e. The van der Waals surface area contributed by atoms with Crippen molar-refractivity contribution in [1.29, 1.82) is 0 Å². The van der Waals surface area contributed by atoms with Crippen molar-refractivity contribution in [2.45, 2.75) is 64.6 Å². The molecular weight excluding hydrogens is 407 g/mol. The lowest BCUT2D eigenvalue weighted by atomic mass is 9.83. The van der Waals surface area contributed by atoms with E-state index in [-0.39, 0.29) is 33.9 Å². The molecule has 0 spiro atoms. The van der Waals surface area contributed by atoms with Crippen LogP contribution in [0.25, 0.3) is 0 Å². The molecule has 156 valence electrons. The third kappa shape index (κ3) is 5.38. The number of halogens is 4. The summed E-state index contributed by atoms with van der Waals surface area (Å²) in [6.45, 7) is 7.17. The van der Waals surface area contributed by atoms with Gasteiger partial charge in [0.2, 0.25) is 5.91 Å². The predicted molar refractivity (Wildman–Crippen MR) is 109 cm³/mol. The maximum absolute atomic E-state index is 14.9. The van der Waals surface area contributed by atoms with Crippen molar-refractivity contribution in [1.82, 2.24) is 5.32 Å². The van der Waals surface area contributed by atoms with Crippen LogP contribution in [0, 0.1) is 17.7 Å². The summed E-state index contributed by atoms with van der Waals surface area (Å²) >= 11 is 11.9. The molecule has 0 aliphatic heterocycles. The maximum atomic E-state index is 14.9. The zero-order valence-electron chi connectivity index (χ0n) is 16.2. The predicted octanol–water partition coefficient (Wildman–Crippen LogP) is 6.52. The molecule has 1 aliphatic carbocycles. The number of alkyl halides is 1. The molecule has 1 fully saturated rings. The van der Waals surface area contributed by atoms with Crippen molar-refractivity contribution in [3.63, 3.8) is 0 Å². The van der Waals surface area contributed by atoms with Gasteiger partial charge in [-0.25, -0.2) is 8.78 Å². The average Bonchev–Trinajstić information content (AvgIpc) is 3.16. The highest BCUT2D eigenvalue weighted by molar-refractivity contribution is 6.43. The number of rotatable bonds is 8. The highest BCUT2D eigenvalue weighted by Crippen LogP contribution is 2.41. The maximum Gasteiger partial charge on any atom is 0.223 e. The van der Waals surface area contributed by atoms with Crippen LogP contribution < -0.4 is 5.32 Å². The SMILES string of the molecule is C=C(C)C(CCC(C)F)C(NC(=O)C1CCCC1)c1cc(Cl)c(Cl)c(O)c1F. The number of benzene rings is 1. The van der Waals surface area contributed by atoms with Gasteiger partial charge in [-0.1, -0.05) is 48.2 Å². The molecular formula is C21H27Cl2F2NO2. The second-order valence-corrected chi connectivity index (χ2v) is 8.49. The molecule has 2 N–H and O–H groups in total. The van der Waals surface area contributed by atoms with Gasteiger partial charge in [0.1, 0.15) is 5.02 Å². The normalized spacial score (nSPS) is 17.9. The standard InChI is InChI=1S/C21H27Cl2F2NO2/c1-11(2)14(9-8-12(3)24)19(26-21(28)13-6-4-5-7-13)15-10-16(22)17(23)20(27)18(15)25/h10,12-14,19,27H,1,4-9H2,2-3H3,(H,26,28). The van der Waals surface area contributed by atoms with Crippen LogP contribution in [-0.2, 0) is 4.79 Å². The van der Waals surface area contributed by atoms with Crippen LogP contribution in [0.1, 0.15) is 64.0 Å². The number of carbonyl (C=O) groups is 1. The van der Waals surface area contributed by atoms with Gasteiger partial charge in [-0.3, -0.25) is 4.79 Å². The van der Waals surface area contributed by atoms with Crippen LogP contribution in [0.4, 0.5) is 8.78 Å². The van der Waals surface area contributed by atoms with E-state index in [4.69, 9.17) is 23.2 Å². The number of amides is 1. The molecule has 3 unspecified atom stereocenters. The zero-order chi connectivity index (χ0) is 21.0. The number of phenolic OH excluding ortho intramolecular Hbond substituents is 1. The highest BCUT2D eigenvalue weighted by atomic mass is 35.5. The molecule has 1 amide bonds. The lowest BCUT2D eigenvalue weighted by Gasteiger charge is -2.31. The summed E-state index contributed by atoms with van der Waals surface area (Å²) in [5, 5.41) is 12.6. The van der Waals surface area contributed by atoms with Crippen molar-refractivity contribution < 1.29 is 18.7 Å². The fraction of sp³-hybridized carbons (Fsp3) is 0.571. The Balaban J connectivity index is 2.45. The molecule has 0 aromatic heterocycles. The van der Waals surface area contributed by atoms with Crippen molar-refractivity contribution >= 4 is 29.1 Å². The minimum absolute atomic E-state index is 0.0185. The van der Waals surface area contributed by atoms with Gasteiger partial charge >= 0.3 is 0 Å². The van der Waals surface area contributed by atoms with Crippen LogP contribution in [0.5, 0.6) is 5.75 Å². The molecule has 1 aromatic rings. The molecule has 0 heterocycles. The summed E-state index contributed by atoms with van der Waals surface area (Å²) < 4.78 is 28.4. The number of nitrogens with one attached hydrogen (secondary N) is 1. The lowest BCUT2D eigenvalue weighted by Crippen LogP contribution is -2.38. The molecule has 3 nitrogen and oxygen atoms in total. The minimum atomic E-state index is -1.04. The Morgan fingerprint density at radius 2 is 1.96 bits per heavy atom. The van der Waals surface area contributed by atoms with E-state index >= 15 is 0 Å².